The van der Waals surface area contributed by atoms with Crippen molar-refractivity contribution in [1.82, 2.24) is 0 Å². The van der Waals surface area contributed by atoms with Gasteiger partial charge < -0.3 is 13.9 Å². The van der Waals surface area contributed by atoms with Crippen molar-refractivity contribution < 1.29 is 13.9 Å². The van der Waals surface area contributed by atoms with Crippen LogP contribution in [0.25, 0.3) is 0 Å². The zero-order chi connectivity index (χ0) is 28.5. The Hall–Kier alpha value is -2.24. The summed E-state index contributed by atoms with van der Waals surface area (Å²) in [4.78, 5) is 0. The smallest absolute Gasteiger partial charge is 0.261 e. The molecule has 0 aromatic heterocycles. The summed E-state index contributed by atoms with van der Waals surface area (Å²) >= 11 is 0. The van der Waals surface area contributed by atoms with Crippen LogP contribution in [0.4, 0.5) is 0 Å². The fourth-order valence-electron chi connectivity index (χ4n) is 5.38. The standard InChI is InChI=1S/C35H50O3Si/c1-9-30(21-22-33-29(5)20-23-34(38-33)37-27(2)3)26-28(4)24-25-36-39(35(6,7)8,31-16-12-10-13-17-31)32-18-14-11-15-19-32/h10-23,26-29,33-34H,9,24-25H2,1-8H3/b22-21+,30-26-/t28-,29+,33+,34?/m1/s1. The van der Waals surface area contributed by atoms with E-state index in [2.05, 4.69) is 127 Å². The Kier molecular flexibility index (Phi) is 11.6. The lowest BCUT2D eigenvalue weighted by Crippen LogP contribution is -2.66. The normalized spacial score (nSPS) is 21.6. The number of rotatable bonds is 12. The van der Waals surface area contributed by atoms with Gasteiger partial charge in [-0.1, -0.05) is 132 Å². The van der Waals surface area contributed by atoms with E-state index in [0.717, 1.165) is 19.4 Å². The van der Waals surface area contributed by atoms with Gasteiger partial charge in [0.25, 0.3) is 8.32 Å². The van der Waals surface area contributed by atoms with Crippen molar-refractivity contribution >= 4 is 18.7 Å². The molecule has 0 bridgehead atoms. The van der Waals surface area contributed by atoms with Crippen LogP contribution >= 0.6 is 0 Å². The van der Waals surface area contributed by atoms with Crippen LogP contribution in [0.3, 0.4) is 0 Å². The second-order valence-electron chi connectivity index (χ2n) is 12.1. The molecule has 0 saturated heterocycles. The van der Waals surface area contributed by atoms with Gasteiger partial charge in [0.1, 0.15) is 0 Å². The molecule has 2 aromatic carbocycles. The summed E-state index contributed by atoms with van der Waals surface area (Å²) in [7, 11) is -2.50. The molecule has 1 aliphatic heterocycles. The lowest BCUT2D eigenvalue weighted by Gasteiger charge is -2.43. The summed E-state index contributed by atoms with van der Waals surface area (Å²) in [6.07, 6.45) is 12.9. The second kappa shape index (κ2) is 14.4. The molecule has 4 heteroatoms. The van der Waals surface area contributed by atoms with Crippen molar-refractivity contribution in [2.24, 2.45) is 11.8 Å². The highest BCUT2D eigenvalue weighted by Gasteiger charge is 2.50. The average molecular weight is 547 g/mol. The first-order chi connectivity index (χ1) is 18.6. The van der Waals surface area contributed by atoms with E-state index >= 15 is 0 Å². The molecule has 0 aliphatic carbocycles. The van der Waals surface area contributed by atoms with Crippen LogP contribution in [0.5, 0.6) is 0 Å². The minimum Gasteiger partial charge on any atom is -0.407 e. The third-order valence-corrected chi connectivity index (χ3v) is 12.5. The summed E-state index contributed by atoms with van der Waals surface area (Å²) in [5.74, 6) is 0.730. The molecule has 1 unspecified atom stereocenters. The highest BCUT2D eigenvalue weighted by molar-refractivity contribution is 6.99. The van der Waals surface area contributed by atoms with E-state index in [1.807, 2.05) is 19.9 Å². The second-order valence-corrected chi connectivity index (χ2v) is 16.4. The van der Waals surface area contributed by atoms with Crippen LogP contribution in [0, 0.1) is 11.8 Å². The van der Waals surface area contributed by atoms with Gasteiger partial charge in [-0.25, -0.2) is 0 Å². The summed E-state index contributed by atoms with van der Waals surface area (Å²) < 4.78 is 19.2. The summed E-state index contributed by atoms with van der Waals surface area (Å²) in [6, 6.07) is 21.8. The fourth-order valence-corrected chi connectivity index (χ4v) is 9.96. The Morgan fingerprint density at radius 3 is 2.05 bits per heavy atom. The molecule has 4 atom stereocenters. The van der Waals surface area contributed by atoms with Gasteiger partial charge in [0.2, 0.25) is 0 Å². The first-order valence-corrected chi connectivity index (χ1v) is 16.6. The van der Waals surface area contributed by atoms with Gasteiger partial charge in [0.05, 0.1) is 12.2 Å². The molecule has 39 heavy (non-hydrogen) atoms. The van der Waals surface area contributed by atoms with E-state index in [0.29, 0.717) is 11.8 Å². The van der Waals surface area contributed by atoms with Gasteiger partial charge >= 0.3 is 0 Å². The third kappa shape index (κ3) is 8.37. The Morgan fingerprint density at radius 2 is 1.54 bits per heavy atom. The van der Waals surface area contributed by atoms with Crippen molar-refractivity contribution in [3.05, 3.63) is 96.6 Å². The Labute approximate surface area is 239 Å². The number of ether oxygens (including phenoxy) is 2. The van der Waals surface area contributed by atoms with E-state index in [1.165, 1.54) is 15.9 Å². The lowest BCUT2D eigenvalue weighted by atomic mass is 9.98. The molecular formula is C35H50O3Si. The number of hydrogen-bond acceptors (Lipinski definition) is 3. The first-order valence-electron chi connectivity index (χ1n) is 14.7. The zero-order valence-corrected chi connectivity index (χ0v) is 26.4. The average Bonchev–Trinajstić information content (AvgIpc) is 2.90. The zero-order valence-electron chi connectivity index (χ0n) is 25.4. The van der Waals surface area contributed by atoms with E-state index in [1.54, 1.807) is 0 Å². The maximum Gasteiger partial charge on any atom is 0.261 e. The van der Waals surface area contributed by atoms with E-state index in [-0.39, 0.29) is 23.5 Å². The maximum absolute atomic E-state index is 7.11. The van der Waals surface area contributed by atoms with Crippen LogP contribution in [0.2, 0.25) is 5.04 Å². The predicted molar refractivity (Wildman–Crippen MR) is 168 cm³/mol. The van der Waals surface area contributed by atoms with Crippen molar-refractivity contribution in [1.29, 1.82) is 0 Å². The Balaban J connectivity index is 1.72. The fraction of sp³-hybridized carbons (Fsp3) is 0.486. The Bertz CT molecular complexity index is 1040. The molecule has 0 spiro atoms. The molecule has 3 nitrogen and oxygen atoms in total. The predicted octanol–water partition coefficient (Wildman–Crippen LogP) is 7.82. The van der Waals surface area contributed by atoms with Crippen LogP contribution in [-0.2, 0) is 13.9 Å². The van der Waals surface area contributed by atoms with E-state index in [9.17, 15) is 0 Å². The quantitative estimate of drug-likeness (QED) is 0.154. The van der Waals surface area contributed by atoms with E-state index < -0.39 is 8.32 Å². The maximum atomic E-state index is 7.11. The lowest BCUT2D eigenvalue weighted by molar-refractivity contribution is -0.162. The van der Waals surface area contributed by atoms with E-state index in [4.69, 9.17) is 13.9 Å². The molecule has 2 aromatic rings. The molecular weight excluding hydrogens is 496 g/mol. The molecule has 1 heterocycles. The summed E-state index contributed by atoms with van der Waals surface area (Å²) in [5, 5.41) is 2.66. The minimum absolute atomic E-state index is 0.00558. The van der Waals surface area contributed by atoms with Crippen molar-refractivity contribution in [3.63, 3.8) is 0 Å². The monoisotopic (exact) mass is 546 g/mol. The number of hydrogen-bond donors (Lipinski definition) is 0. The highest BCUT2D eigenvalue weighted by atomic mass is 28.4. The van der Waals surface area contributed by atoms with Gasteiger partial charge in [-0.15, -0.1) is 0 Å². The minimum atomic E-state index is -2.50. The van der Waals surface area contributed by atoms with Crippen LogP contribution in [0.15, 0.2) is 96.6 Å². The highest BCUT2D eigenvalue weighted by Crippen LogP contribution is 2.37. The largest absolute Gasteiger partial charge is 0.407 e. The van der Waals surface area contributed by atoms with Gasteiger partial charge in [0, 0.05) is 12.5 Å². The van der Waals surface area contributed by atoms with Gasteiger partial charge in [-0.2, -0.15) is 0 Å². The number of benzene rings is 2. The van der Waals surface area contributed by atoms with Crippen molar-refractivity contribution in [3.8, 4) is 0 Å². The van der Waals surface area contributed by atoms with Crippen molar-refractivity contribution in [2.45, 2.75) is 91.8 Å². The molecule has 0 N–H and O–H groups in total. The van der Waals surface area contributed by atoms with Crippen LogP contribution in [-0.4, -0.2) is 33.4 Å². The molecule has 0 fully saturated rings. The van der Waals surface area contributed by atoms with Crippen LogP contribution < -0.4 is 10.4 Å². The SMILES string of the molecule is CCC(=C/[C@H](C)CCO[Si](c1ccccc1)(c1ccccc1)C(C)(C)C)/C=C/[C@@H]1OC(OC(C)C)C=C[C@@H]1C. The molecule has 3 rings (SSSR count). The number of allylic oxidation sites excluding steroid dienone is 3. The van der Waals surface area contributed by atoms with Crippen LogP contribution in [0.1, 0.15) is 68.2 Å². The first kappa shape index (κ1) is 31.3. The molecule has 0 saturated carbocycles. The van der Waals surface area contributed by atoms with Gasteiger partial charge in [-0.3, -0.25) is 0 Å². The third-order valence-electron chi connectivity index (χ3n) is 7.50. The molecule has 212 valence electrons. The van der Waals surface area contributed by atoms with Crippen molar-refractivity contribution in [2.75, 3.05) is 6.61 Å². The molecule has 1 aliphatic rings. The summed E-state index contributed by atoms with van der Waals surface area (Å²) in [5.41, 5.74) is 1.33. The summed E-state index contributed by atoms with van der Waals surface area (Å²) in [6.45, 7) is 18.5. The Morgan fingerprint density at radius 1 is 0.949 bits per heavy atom. The molecule has 0 amide bonds. The van der Waals surface area contributed by atoms with Gasteiger partial charge in [-0.05, 0) is 54.1 Å². The topological polar surface area (TPSA) is 27.7 Å². The molecule has 0 radical (unpaired) electrons. The van der Waals surface area contributed by atoms with Gasteiger partial charge in [0.15, 0.2) is 6.29 Å².